The van der Waals surface area contributed by atoms with Crippen LogP contribution < -0.4 is 4.74 Å². The molecule has 1 fully saturated rings. The first kappa shape index (κ1) is 38.8. The fourth-order valence-electron chi connectivity index (χ4n) is 3.44. The minimum Gasteiger partial charge on any atom is -0.494 e. The lowest BCUT2D eigenvalue weighted by Gasteiger charge is -2.24. The van der Waals surface area contributed by atoms with E-state index in [0.29, 0.717) is 18.9 Å². The summed E-state index contributed by atoms with van der Waals surface area (Å²) >= 11 is 0. The zero-order chi connectivity index (χ0) is 33.1. The van der Waals surface area contributed by atoms with Crippen molar-refractivity contribution >= 4 is 12.0 Å². The van der Waals surface area contributed by atoms with Gasteiger partial charge in [-0.3, -0.25) is 0 Å². The molecule has 0 aromatic heterocycles. The number of aliphatic carboxylic acids is 1. The van der Waals surface area contributed by atoms with Crippen LogP contribution in [0.4, 0.5) is 18.0 Å². The van der Waals surface area contributed by atoms with Crippen molar-refractivity contribution in [3.05, 3.63) is 103 Å². The van der Waals surface area contributed by atoms with E-state index in [1.165, 1.54) is 13.2 Å². The first-order chi connectivity index (χ1) is 20.2. The van der Waals surface area contributed by atoms with Crippen molar-refractivity contribution in [3.63, 3.8) is 0 Å². The number of carboxylic acids is 1. The van der Waals surface area contributed by atoms with Crippen LogP contribution in [-0.4, -0.2) is 72.0 Å². The number of urea groups is 1. The second-order valence-corrected chi connectivity index (χ2v) is 9.72. The molecule has 1 aliphatic heterocycles. The number of alkyl halides is 3. The highest BCUT2D eigenvalue weighted by Gasteiger charge is 2.35. The van der Waals surface area contributed by atoms with Gasteiger partial charge in [0.2, 0.25) is 5.60 Å². The highest BCUT2D eigenvalue weighted by Crippen LogP contribution is 2.24. The summed E-state index contributed by atoms with van der Waals surface area (Å²) < 4.78 is 45.5. The van der Waals surface area contributed by atoms with Crippen LogP contribution in [0.2, 0.25) is 0 Å². The molecule has 1 heterocycles. The van der Waals surface area contributed by atoms with Gasteiger partial charge in [-0.25, -0.2) is 9.59 Å². The molecule has 2 amide bonds. The first-order valence-electron chi connectivity index (χ1n) is 13.7. The molecule has 0 spiro atoms. The van der Waals surface area contributed by atoms with Crippen LogP contribution in [0.5, 0.6) is 5.75 Å². The number of hydrogen-bond acceptors (Lipinski definition) is 4. The number of allylic oxidation sites excluding steroid dienone is 9. The van der Waals surface area contributed by atoms with Crippen molar-refractivity contribution in [2.24, 2.45) is 0 Å². The van der Waals surface area contributed by atoms with Gasteiger partial charge < -0.3 is 24.4 Å². The first-order valence-corrected chi connectivity index (χ1v) is 13.7. The Morgan fingerprint density at radius 1 is 1.07 bits per heavy atom. The summed E-state index contributed by atoms with van der Waals surface area (Å²) in [7, 11) is 3.60. The Morgan fingerprint density at radius 2 is 1.65 bits per heavy atom. The Labute approximate surface area is 254 Å². The lowest BCUT2D eigenvalue weighted by molar-refractivity contribution is -0.157. The number of likely N-dealkylation sites (N-methyl/N-ethyl adjacent to an activating group) is 2. The summed E-state index contributed by atoms with van der Waals surface area (Å²) in [5.41, 5.74) is -1.09. The van der Waals surface area contributed by atoms with Crippen LogP contribution >= 0.6 is 0 Å². The molecular weight excluding hydrogens is 561 g/mol. The maximum absolute atomic E-state index is 11.8. The van der Waals surface area contributed by atoms with Crippen molar-refractivity contribution < 1.29 is 37.3 Å². The number of carboxylic acid groups (broad SMARTS) is 1. The summed E-state index contributed by atoms with van der Waals surface area (Å²) in [6, 6.07) is 7.50. The van der Waals surface area contributed by atoms with Gasteiger partial charge in [-0.2, -0.15) is 13.2 Å². The molecule has 2 rings (SSSR count). The molecule has 0 saturated carbocycles. The molecule has 7 nitrogen and oxygen atoms in total. The SMILES string of the molecule is C/C=C(\C)C(F)(F)F.C=CC=C.C\C=C/C=C\C=C\O[C@@](C)(Cc1ccc(OCC[C@H]2CN(C)C(=O)N2C)cc1)C(=O)O. The normalized spacial score (nSPS) is 16.8. The molecule has 1 N–H and O–H groups in total. The lowest BCUT2D eigenvalue weighted by atomic mass is 9.96. The Kier molecular flexibility index (Phi) is 17.9. The third kappa shape index (κ3) is 15.0. The van der Waals surface area contributed by atoms with Crippen LogP contribution in [0.3, 0.4) is 0 Å². The van der Waals surface area contributed by atoms with Gasteiger partial charge in [0.05, 0.1) is 18.9 Å². The van der Waals surface area contributed by atoms with E-state index in [-0.39, 0.29) is 18.5 Å². The van der Waals surface area contributed by atoms with Crippen molar-refractivity contribution in [1.29, 1.82) is 0 Å². The third-order valence-corrected chi connectivity index (χ3v) is 6.28. The summed E-state index contributed by atoms with van der Waals surface area (Å²) in [6.07, 6.45) is 11.6. The van der Waals surface area contributed by atoms with E-state index in [0.717, 1.165) is 25.0 Å². The molecule has 0 unspecified atom stereocenters. The smallest absolute Gasteiger partial charge is 0.412 e. The molecule has 0 bridgehead atoms. The zero-order valence-electron chi connectivity index (χ0n) is 25.9. The predicted molar refractivity (Wildman–Crippen MR) is 166 cm³/mol. The summed E-state index contributed by atoms with van der Waals surface area (Å²) in [4.78, 5) is 27.0. The molecule has 1 aromatic rings. The van der Waals surface area contributed by atoms with Crippen molar-refractivity contribution in [1.82, 2.24) is 9.80 Å². The maximum Gasteiger partial charge on any atom is 0.412 e. The molecule has 1 aliphatic rings. The molecular formula is C33H45F3N2O5. The molecule has 0 aliphatic carbocycles. The van der Waals surface area contributed by atoms with Gasteiger partial charge >= 0.3 is 18.2 Å². The lowest BCUT2D eigenvalue weighted by Crippen LogP contribution is -2.39. The van der Waals surface area contributed by atoms with Gasteiger partial charge in [0.15, 0.2) is 0 Å². The van der Waals surface area contributed by atoms with Crippen LogP contribution in [0.25, 0.3) is 0 Å². The minimum atomic E-state index is -4.13. The highest BCUT2D eigenvalue weighted by atomic mass is 19.4. The predicted octanol–water partition coefficient (Wildman–Crippen LogP) is 7.74. The van der Waals surface area contributed by atoms with Crippen molar-refractivity contribution in [2.45, 2.75) is 58.4 Å². The Bertz CT molecular complexity index is 1130. The average molecular weight is 607 g/mol. The summed E-state index contributed by atoms with van der Waals surface area (Å²) in [5.74, 6) is -0.328. The molecule has 1 aromatic carbocycles. The van der Waals surface area contributed by atoms with Gasteiger partial charge in [0.25, 0.3) is 0 Å². The van der Waals surface area contributed by atoms with E-state index in [9.17, 15) is 27.9 Å². The number of rotatable bonds is 12. The van der Waals surface area contributed by atoms with E-state index in [1.54, 1.807) is 55.1 Å². The summed E-state index contributed by atoms with van der Waals surface area (Å²) in [5, 5.41) is 9.62. The van der Waals surface area contributed by atoms with Gasteiger partial charge in [-0.05, 0) is 51.5 Å². The largest absolute Gasteiger partial charge is 0.494 e. The number of carbonyl (C=O) groups is 2. The van der Waals surface area contributed by atoms with Gasteiger partial charge in [0.1, 0.15) is 5.75 Å². The fraction of sp³-hybridized carbons (Fsp3) is 0.394. The third-order valence-electron chi connectivity index (χ3n) is 6.28. The van der Waals surface area contributed by atoms with Crippen molar-refractivity contribution in [2.75, 3.05) is 27.2 Å². The average Bonchev–Trinajstić information content (AvgIpc) is 3.21. The second kappa shape index (κ2) is 19.8. The molecule has 1 saturated heterocycles. The van der Waals surface area contributed by atoms with Crippen LogP contribution in [0.15, 0.2) is 97.9 Å². The highest BCUT2D eigenvalue weighted by molar-refractivity contribution is 5.77. The van der Waals surface area contributed by atoms with Crippen LogP contribution in [0.1, 0.15) is 39.7 Å². The van der Waals surface area contributed by atoms with Crippen LogP contribution in [-0.2, 0) is 16.0 Å². The van der Waals surface area contributed by atoms with E-state index in [2.05, 4.69) is 13.2 Å². The number of nitrogens with zero attached hydrogens (tertiary/aromatic N) is 2. The standard InChI is InChI=1S/C24H32N2O5.C5H7F3.C4H6/c1-5-6-7-8-9-15-31-24(2,22(27)28)17-19-10-12-21(13-11-19)30-16-14-20-18-25(3)23(29)26(20)4;1-3-4(2)5(6,7)8;1-3-4-2/h5-13,15,20H,14,16-18H2,1-4H3,(H,27,28);3H,1-2H3;3-4H,1-2H2/b6-5-,8-7-,15-9+;4-3+;/t20-,24-;;/m0../s1. The van der Waals surface area contributed by atoms with Crippen molar-refractivity contribution in [3.8, 4) is 5.75 Å². The van der Waals surface area contributed by atoms with Gasteiger partial charge in [-0.15, -0.1) is 0 Å². The maximum atomic E-state index is 11.8. The Hall–Kier alpha value is -4.21. The number of hydrogen-bond donors (Lipinski definition) is 1. The molecule has 43 heavy (non-hydrogen) atoms. The van der Waals surface area contributed by atoms with E-state index in [4.69, 9.17) is 9.47 Å². The molecule has 238 valence electrons. The zero-order valence-corrected chi connectivity index (χ0v) is 25.9. The Morgan fingerprint density at radius 3 is 2.07 bits per heavy atom. The Balaban J connectivity index is 0.00000124. The van der Waals surface area contributed by atoms with Gasteiger partial charge in [0, 0.05) is 39.1 Å². The topological polar surface area (TPSA) is 79.3 Å². The van der Waals surface area contributed by atoms with E-state index in [1.807, 2.05) is 49.4 Å². The van der Waals surface area contributed by atoms with E-state index < -0.39 is 23.3 Å². The van der Waals surface area contributed by atoms with Crippen LogP contribution in [0, 0.1) is 0 Å². The number of ether oxygens (including phenoxy) is 2. The number of benzene rings is 1. The molecule has 0 radical (unpaired) electrons. The molecule has 2 atom stereocenters. The number of amides is 2. The monoisotopic (exact) mass is 606 g/mol. The second-order valence-electron chi connectivity index (χ2n) is 9.72. The van der Waals surface area contributed by atoms with Gasteiger partial charge in [-0.1, -0.05) is 67.8 Å². The minimum absolute atomic E-state index is 0.0294. The summed E-state index contributed by atoms with van der Waals surface area (Å²) in [6.45, 7) is 13.8. The van der Waals surface area contributed by atoms with E-state index >= 15 is 0 Å². The number of carbonyl (C=O) groups excluding carboxylic acids is 1. The quantitative estimate of drug-likeness (QED) is 0.150. The molecule has 10 heteroatoms. The number of halogens is 3. The fourth-order valence-corrected chi connectivity index (χ4v) is 3.44.